The van der Waals surface area contributed by atoms with Crippen LogP contribution in [0.25, 0.3) is 89.0 Å². The molecule has 0 amide bonds. The zero-order valence-electron chi connectivity index (χ0n) is 25.8. The minimum absolute atomic E-state index is 0.568. The second-order valence-corrected chi connectivity index (χ2v) is 11.8. The van der Waals surface area contributed by atoms with Crippen LogP contribution in [0, 0.1) is 0 Å². The molecule has 0 saturated carbocycles. The van der Waals surface area contributed by atoms with Crippen LogP contribution >= 0.6 is 0 Å². The van der Waals surface area contributed by atoms with E-state index in [1.165, 1.54) is 16.3 Å². The molecule has 5 nitrogen and oxygen atoms in total. The average Bonchev–Trinajstić information content (AvgIpc) is 3.18. The van der Waals surface area contributed by atoms with Crippen LogP contribution in [-0.2, 0) is 0 Å². The maximum absolute atomic E-state index is 5.07. The Morgan fingerprint density at radius 3 is 1.69 bits per heavy atom. The van der Waals surface area contributed by atoms with Crippen molar-refractivity contribution in [1.29, 1.82) is 0 Å². The molecule has 5 heteroatoms. The summed E-state index contributed by atoms with van der Waals surface area (Å²) in [6.45, 7) is 0. The second kappa shape index (κ2) is 11.6. The number of hydrogen-bond acceptors (Lipinski definition) is 5. The summed E-state index contributed by atoms with van der Waals surface area (Å²) in [5.41, 5.74) is 8.32. The molecule has 0 spiro atoms. The largest absolute Gasteiger partial charge is 0.244 e. The van der Waals surface area contributed by atoms with Gasteiger partial charge in [-0.2, -0.15) is 0 Å². The van der Waals surface area contributed by atoms with Gasteiger partial charge in [0.05, 0.1) is 16.9 Å². The number of pyridine rings is 1. The maximum atomic E-state index is 5.07. The van der Waals surface area contributed by atoms with Gasteiger partial charge in [0.2, 0.25) is 0 Å². The molecule has 0 radical (unpaired) electrons. The third-order valence-electron chi connectivity index (χ3n) is 8.80. The van der Waals surface area contributed by atoms with E-state index < -0.39 is 0 Å². The van der Waals surface area contributed by atoms with Crippen LogP contribution < -0.4 is 0 Å². The molecule has 3 heterocycles. The van der Waals surface area contributed by atoms with Crippen molar-refractivity contribution in [2.45, 2.75) is 0 Å². The van der Waals surface area contributed by atoms with Crippen molar-refractivity contribution in [3.8, 4) is 56.5 Å². The SMILES string of the molecule is c1ccc(-c2ccc(-c3nc(-c4ccccc4)cc(-c4cnc(-c5nc6ccccc6c6c5ccc5ccccc56)nc4)n3)cc2)cc1. The minimum Gasteiger partial charge on any atom is -0.244 e. The van der Waals surface area contributed by atoms with Crippen LogP contribution in [0.2, 0.25) is 0 Å². The van der Waals surface area contributed by atoms with Crippen molar-refractivity contribution in [3.05, 3.63) is 164 Å². The van der Waals surface area contributed by atoms with Crippen LogP contribution in [-0.4, -0.2) is 24.9 Å². The first-order chi connectivity index (χ1) is 23.8. The normalized spacial score (nSPS) is 11.3. The number of hydrogen-bond donors (Lipinski definition) is 0. The number of para-hydroxylation sites is 1. The van der Waals surface area contributed by atoms with E-state index in [9.17, 15) is 0 Å². The van der Waals surface area contributed by atoms with E-state index in [4.69, 9.17) is 24.9 Å². The molecule has 224 valence electrons. The molecule has 9 rings (SSSR count). The summed E-state index contributed by atoms with van der Waals surface area (Å²) in [4.78, 5) is 24.8. The summed E-state index contributed by atoms with van der Waals surface area (Å²) in [7, 11) is 0. The van der Waals surface area contributed by atoms with Gasteiger partial charge in [0.25, 0.3) is 0 Å². The van der Waals surface area contributed by atoms with Gasteiger partial charge in [-0.25, -0.2) is 24.9 Å². The van der Waals surface area contributed by atoms with Gasteiger partial charge in [0.1, 0.15) is 5.69 Å². The Labute approximate surface area is 277 Å². The van der Waals surface area contributed by atoms with Crippen LogP contribution in [0.4, 0.5) is 0 Å². The zero-order chi connectivity index (χ0) is 31.9. The quantitative estimate of drug-likeness (QED) is 0.181. The monoisotopic (exact) mass is 613 g/mol. The number of aromatic nitrogens is 5. The van der Waals surface area contributed by atoms with E-state index in [2.05, 4.69) is 109 Å². The third-order valence-corrected chi connectivity index (χ3v) is 8.80. The highest BCUT2D eigenvalue weighted by atomic mass is 14.9. The Bertz CT molecular complexity index is 2570. The fourth-order valence-corrected chi connectivity index (χ4v) is 6.40. The van der Waals surface area contributed by atoms with Crippen molar-refractivity contribution >= 4 is 32.4 Å². The summed E-state index contributed by atoms with van der Waals surface area (Å²) >= 11 is 0. The topological polar surface area (TPSA) is 64.5 Å². The number of benzene rings is 6. The number of nitrogens with zero attached hydrogens (tertiary/aromatic N) is 5. The molecule has 0 unspecified atom stereocenters. The standard InChI is InChI=1S/C43H27N5/c1-3-11-28(12-4-1)29-19-21-32(22-20-29)42-47-38(31-14-5-2-6-15-31)25-39(48-42)33-26-44-43(45-27-33)41-36-24-23-30-13-7-8-16-34(30)40(36)35-17-9-10-18-37(35)46-41/h1-27H. The number of fused-ring (bicyclic) bond motifs is 5. The van der Waals surface area contributed by atoms with Gasteiger partial charge in [0.15, 0.2) is 11.6 Å². The van der Waals surface area contributed by atoms with Crippen molar-refractivity contribution in [2.75, 3.05) is 0 Å². The average molecular weight is 614 g/mol. The lowest BCUT2D eigenvalue weighted by Crippen LogP contribution is -1.98. The molecule has 0 aliphatic rings. The smallest absolute Gasteiger partial charge is 0.178 e. The predicted octanol–water partition coefficient (Wildman–Crippen LogP) is 10.5. The van der Waals surface area contributed by atoms with Crippen molar-refractivity contribution in [2.24, 2.45) is 0 Å². The van der Waals surface area contributed by atoms with Gasteiger partial charge in [-0.1, -0.05) is 140 Å². The van der Waals surface area contributed by atoms with Crippen molar-refractivity contribution in [3.63, 3.8) is 0 Å². The van der Waals surface area contributed by atoms with E-state index in [-0.39, 0.29) is 0 Å². The van der Waals surface area contributed by atoms with Crippen molar-refractivity contribution in [1.82, 2.24) is 24.9 Å². The lowest BCUT2D eigenvalue weighted by molar-refractivity contribution is 1.13. The first kappa shape index (κ1) is 27.7. The molecular formula is C43H27N5. The Hall–Kier alpha value is -6.59. The van der Waals surface area contributed by atoms with Gasteiger partial charge in [-0.15, -0.1) is 0 Å². The van der Waals surface area contributed by atoms with Crippen molar-refractivity contribution < 1.29 is 0 Å². The minimum atomic E-state index is 0.568. The molecule has 9 aromatic rings. The molecule has 3 aromatic heterocycles. The fraction of sp³-hybridized carbons (Fsp3) is 0. The Morgan fingerprint density at radius 1 is 0.354 bits per heavy atom. The summed E-state index contributed by atoms with van der Waals surface area (Å²) in [5.74, 6) is 1.21. The Kier molecular flexibility index (Phi) is 6.72. The summed E-state index contributed by atoms with van der Waals surface area (Å²) in [5, 5.41) is 5.67. The maximum Gasteiger partial charge on any atom is 0.178 e. The molecule has 0 aliphatic heterocycles. The zero-order valence-corrected chi connectivity index (χ0v) is 25.8. The van der Waals surface area contributed by atoms with Crippen LogP contribution in [0.15, 0.2) is 164 Å². The molecule has 6 aromatic carbocycles. The fourth-order valence-electron chi connectivity index (χ4n) is 6.40. The first-order valence-electron chi connectivity index (χ1n) is 15.9. The van der Waals surface area contributed by atoms with E-state index >= 15 is 0 Å². The Morgan fingerprint density at radius 2 is 0.938 bits per heavy atom. The van der Waals surface area contributed by atoms with E-state index in [0.29, 0.717) is 11.6 Å². The van der Waals surface area contributed by atoms with Gasteiger partial charge in [0, 0.05) is 45.2 Å². The lowest BCUT2D eigenvalue weighted by atomic mass is 9.97. The van der Waals surface area contributed by atoms with Gasteiger partial charge in [-0.05, 0) is 34.0 Å². The van der Waals surface area contributed by atoms with E-state index in [1.807, 2.05) is 54.9 Å². The second-order valence-electron chi connectivity index (χ2n) is 11.8. The van der Waals surface area contributed by atoms with Gasteiger partial charge in [-0.3, -0.25) is 0 Å². The highest BCUT2D eigenvalue weighted by molar-refractivity contribution is 6.22. The molecule has 48 heavy (non-hydrogen) atoms. The summed E-state index contributed by atoms with van der Waals surface area (Å²) < 4.78 is 0. The van der Waals surface area contributed by atoms with Crippen LogP contribution in [0.3, 0.4) is 0 Å². The van der Waals surface area contributed by atoms with Gasteiger partial charge < -0.3 is 0 Å². The third kappa shape index (κ3) is 4.95. The van der Waals surface area contributed by atoms with Crippen LogP contribution in [0.5, 0.6) is 0 Å². The molecule has 0 atom stereocenters. The Balaban J connectivity index is 1.15. The molecule has 0 N–H and O–H groups in total. The molecule has 0 fully saturated rings. The number of rotatable bonds is 5. The van der Waals surface area contributed by atoms with Crippen LogP contribution in [0.1, 0.15) is 0 Å². The molecule has 0 bridgehead atoms. The molecule has 0 aliphatic carbocycles. The molecular weight excluding hydrogens is 587 g/mol. The first-order valence-corrected chi connectivity index (χ1v) is 15.9. The van der Waals surface area contributed by atoms with Gasteiger partial charge >= 0.3 is 0 Å². The highest BCUT2D eigenvalue weighted by Crippen LogP contribution is 2.36. The molecule has 0 saturated heterocycles. The van der Waals surface area contributed by atoms with E-state index in [0.717, 1.165) is 61.0 Å². The summed E-state index contributed by atoms with van der Waals surface area (Å²) in [6.07, 6.45) is 3.68. The predicted molar refractivity (Wildman–Crippen MR) is 195 cm³/mol. The van der Waals surface area contributed by atoms with E-state index in [1.54, 1.807) is 0 Å². The summed E-state index contributed by atoms with van der Waals surface area (Å²) in [6, 6.07) is 51.9. The highest BCUT2D eigenvalue weighted by Gasteiger charge is 2.16. The lowest BCUT2D eigenvalue weighted by Gasteiger charge is -2.12.